The Hall–Kier alpha value is -1.68. The molecule has 20 heavy (non-hydrogen) atoms. The summed E-state index contributed by atoms with van der Waals surface area (Å²) in [5, 5.41) is 0. The van der Waals surface area contributed by atoms with E-state index in [1.54, 1.807) is 31.4 Å². The molecule has 4 heteroatoms. The molecule has 2 nitrogen and oxygen atoms in total. The van der Waals surface area contributed by atoms with Crippen LogP contribution < -0.4 is 4.74 Å². The third kappa shape index (κ3) is 3.25. The topological polar surface area (TPSA) is 26.3 Å². The number of hydrogen-bond donors (Lipinski definition) is 0. The second-order valence-electron chi connectivity index (χ2n) is 4.52. The molecule has 0 saturated carbocycles. The van der Waals surface area contributed by atoms with Crippen molar-refractivity contribution in [2.75, 3.05) is 7.11 Å². The lowest BCUT2D eigenvalue weighted by atomic mass is 10.0. The first-order chi connectivity index (χ1) is 9.51. The minimum Gasteiger partial charge on any atom is -0.496 e. The van der Waals surface area contributed by atoms with E-state index in [2.05, 4.69) is 15.9 Å². The number of methoxy groups -OCH3 is 1. The molecule has 0 atom stereocenters. The first-order valence-corrected chi connectivity index (χ1v) is 6.92. The Bertz CT molecular complexity index is 653. The summed E-state index contributed by atoms with van der Waals surface area (Å²) >= 11 is 3.28. The normalized spacial score (nSPS) is 10.4. The average molecular weight is 337 g/mol. The Morgan fingerprint density at radius 3 is 2.70 bits per heavy atom. The summed E-state index contributed by atoms with van der Waals surface area (Å²) in [5.74, 6) is 0.145. The summed E-state index contributed by atoms with van der Waals surface area (Å²) in [5.41, 5.74) is 1.86. The molecule has 0 radical (unpaired) electrons. The molecule has 104 valence electrons. The van der Waals surface area contributed by atoms with Crippen LogP contribution in [0.15, 0.2) is 40.9 Å². The Morgan fingerprint density at radius 2 is 2.00 bits per heavy atom. The second-order valence-corrected chi connectivity index (χ2v) is 5.44. The second kappa shape index (κ2) is 6.18. The van der Waals surface area contributed by atoms with E-state index in [0.717, 1.165) is 10.0 Å². The summed E-state index contributed by atoms with van der Waals surface area (Å²) in [6.07, 6.45) is 0.0253. The highest BCUT2D eigenvalue weighted by molar-refractivity contribution is 9.10. The number of rotatable bonds is 4. The first-order valence-electron chi connectivity index (χ1n) is 6.13. The SMILES string of the molecule is COc1cc(C(=O)Cc2cc(Br)ccc2F)ccc1C. The molecule has 0 aliphatic heterocycles. The van der Waals surface area contributed by atoms with Crippen LogP contribution in [0.3, 0.4) is 0 Å². The van der Waals surface area contributed by atoms with Crippen molar-refractivity contribution >= 4 is 21.7 Å². The summed E-state index contributed by atoms with van der Waals surface area (Å²) in [6.45, 7) is 1.90. The fraction of sp³-hybridized carbons (Fsp3) is 0.188. The predicted octanol–water partition coefficient (Wildman–Crippen LogP) is 4.33. The van der Waals surface area contributed by atoms with Gasteiger partial charge in [0.2, 0.25) is 0 Å². The molecule has 2 aromatic carbocycles. The maximum Gasteiger partial charge on any atom is 0.167 e. The van der Waals surface area contributed by atoms with E-state index in [-0.39, 0.29) is 18.0 Å². The van der Waals surface area contributed by atoms with E-state index in [9.17, 15) is 9.18 Å². The molecule has 2 rings (SSSR count). The standard InChI is InChI=1S/C16H14BrFO2/c1-10-3-4-11(9-16(10)20-2)15(19)8-12-7-13(17)5-6-14(12)18/h3-7,9H,8H2,1-2H3. The van der Waals surface area contributed by atoms with Crippen LogP contribution in [0.5, 0.6) is 5.75 Å². The van der Waals surface area contributed by atoms with Crippen LogP contribution in [0.2, 0.25) is 0 Å². The lowest BCUT2D eigenvalue weighted by molar-refractivity contribution is 0.0991. The third-order valence-electron chi connectivity index (χ3n) is 3.09. The van der Waals surface area contributed by atoms with Gasteiger partial charge in [0.05, 0.1) is 7.11 Å². The van der Waals surface area contributed by atoms with Crippen molar-refractivity contribution in [2.24, 2.45) is 0 Å². The Labute approximate surface area is 125 Å². The largest absolute Gasteiger partial charge is 0.496 e. The molecule has 0 aliphatic rings. The van der Waals surface area contributed by atoms with Crippen molar-refractivity contribution in [1.82, 2.24) is 0 Å². The molecular formula is C16H14BrFO2. The fourth-order valence-corrected chi connectivity index (χ4v) is 2.36. The zero-order chi connectivity index (χ0) is 14.7. The monoisotopic (exact) mass is 336 g/mol. The summed E-state index contributed by atoms with van der Waals surface area (Å²) < 4.78 is 19.6. The molecule has 0 aliphatic carbocycles. The number of Topliss-reactive ketones (excluding diaryl/α,β-unsaturated/α-hetero) is 1. The highest BCUT2D eigenvalue weighted by Gasteiger charge is 2.12. The molecular weight excluding hydrogens is 323 g/mol. The lowest BCUT2D eigenvalue weighted by Crippen LogP contribution is -2.06. The Kier molecular flexibility index (Phi) is 4.55. The zero-order valence-electron chi connectivity index (χ0n) is 11.2. The van der Waals surface area contributed by atoms with Gasteiger partial charge in [0, 0.05) is 16.5 Å². The van der Waals surface area contributed by atoms with E-state index in [4.69, 9.17) is 4.74 Å². The number of ketones is 1. The molecule has 0 N–H and O–H groups in total. The van der Waals surface area contributed by atoms with E-state index < -0.39 is 0 Å². The smallest absolute Gasteiger partial charge is 0.167 e. The van der Waals surface area contributed by atoms with Crippen LogP contribution in [0.4, 0.5) is 4.39 Å². The van der Waals surface area contributed by atoms with Gasteiger partial charge in [-0.3, -0.25) is 4.79 Å². The van der Waals surface area contributed by atoms with Crippen molar-refractivity contribution in [1.29, 1.82) is 0 Å². The molecule has 2 aromatic rings. The van der Waals surface area contributed by atoms with Gasteiger partial charge in [-0.1, -0.05) is 28.1 Å². The maximum atomic E-state index is 13.7. The molecule has 0 spiro atoms. The average Bonchev–Trinajstić information content (AvgIpc) is 2.43. The van der Waals surface area contributed by atoms with Crippen LogP contribution in [0.1, 0.15) is 21.5 Å². The number of aryl methyl sites for hydroxylation is 1. The van der Waals surface area contributed by atoms with Crippen LogP contribution in [-0.4, -0.2) is 12.9 Å². The van der Waals surface area contributed by atoms with Crippen molar-refractivity contribution in [2.45, 2.75) is 13.3 Å². The molecule has 0 fully saturated rings. The minimum atomic E-state index is -0.374. The summed E-state index contributed by atoms with van der Waals surface area (Å²) in [6, 6.07) is 9.83. The number of hydrogen-bond acceptors (Lipinski definition) is 2. The van der Waals surface area contributed by atoms with Crippen LogP contribution in [0, 0.1) is 12.7 Å². The minimum absolute atomic E-state index is 0.0253. The van der Waals surface area contributed by atoms with Gasteiger partial charge in [-0.05, 0) is 42.3 Å². The predicted molar refractivity (Wildman–Crippen MR) is 79.9 cm³/mol. The lowest BCUT2D eigenvalue weighted by Gasteiger charge is -2.08. The number of carbonyl (C=O) groups is 1. The van der Waals surface area contributed by atoms with E-state index >= 15 is 0 Å². The van der Waals surface area contributed by atoms with Crippen LogP contribution in [0.25, 0.3) is 0 Å². The van der Waals surface area contributed by atoms with Crippen molar-refractivity contribution in [3.8, 4) is 5.75 Å². The Morgan fingerprint density at radius 1 is 1.25 bits per heavy atom. The number of ether oxygens (including phenoxy) is 1. The van der Waals surface area contributed by atoms with Gasteiger partial charge in [-0.2, -0.15) is 0 Å². The molecule has 0 bridgehead atoms. The maximum absolute atomic E-state index is 13.7. The van der Waals surface area contributed by atoms with Gasteiger partial charge in [-0.25, -0.2) is 4.39 Å². The van der Waals surface area contributed by atoms with Gasteiger partial charge in [-0.15, -0.1) is 0 Å². The summed E-state index contributed by atoms with van der Waals surface area (Å²) in [7, 11) is 1.56. The van der Waals surface area contributed by atoms with Gasteiger partial charge < -0.3 is 4.74 Å². The van der Waals surface area contributed by atoms with Crippen LogP contribution >= 0.6 is 15.9 Å². The van der Waals surface area contributed by atoms with Gasteiger partial charge >= 0.3 is 0 Å². The number of halogens is 2. The van der Waals surface area contributed by atoms with Gasteiger partial charge in [0.1, 0.15) is 11.6 Å². The van der Waals surface area contributed by atoms with Gasteiger partial charge in [0.25, 0.3) is 0 Å². The molecule has 0 heterocycles. The third-order valence-corrected chi connectivity index (χ3v) is 3.58. The highest BCUT2D eigenvalue weighted by atomic mass is 79.9. The molecule has 0 amide bonds. The fourth-order valence-electron chi connectivity index (χ4n) is 1.95. The molecule has 0 unspecified atom stereocenters. The van der Waals surface area contributed by atoms with Crippen molar-refractivity contribution in [3.63, 3.8) is 0 Å². The Balaban J connectivity index is 2.26. The highest BCUT2D eigenvalue weighted by Crippen LogP contribution is 2.21. The van der Waals surface area contributed by atoms with Crippen LogP contribution in [-0.2, 0) is 6.42 Å². The molecule has 0 aromatic heterocycles. The number of benzene rings is 2. The van der Waals surface area contributed by atoms with Gasteiger partial charge in [0.15, 0.2) is 5.78 Å². The summed E-state index contributed by atoms with van der Waals surface area (Å²) in [4.78, 5) is 12.2. The quantitative estimate of drug-likeness (QED) is 0.776. The first kappa shape index (κ1) is 14.7. The van der Waals surface area contributed by atoms with Crippen molar-refractivity contribution in [3.05, 3.63) is 63.4 Å². The van der Waals surface area contributed by atoms with E-state index in [1.807, 2.05) is 13.0 Å². The van der Waals surface area contributed by atoms with Crippen molar-refractivity contribution < 1.29 is 13.9 Å². The molecule has 0 saturated heterocycles. The van der Waals surface area contributed by atoms with E-state index in [1.165, 1.54) is 6.07 Å². The number of carbonyl (C=O) groups excluding carboxylic acids is 1. The van der Waals surface area contributed by atoms with E-state index in [0.29, 0.717) is 16.9 Å². The zero-order valence-corrected chi connectivity index (χ0v) is 12.8.